The molecule has 3 nitrogen and oxygen atoms in total. The van der Waals surface area contributed by atoms with E-state index in [-0.39, 0.29) is 17.9 Å². The standard InChI is InChI=1S/C16H23NO2/c1-10-7-11(2)15(12(3)8-10)16(19)17-9-13-5-4-6-14(13)18/h7-8,13-14,18H,4-6,9H2,1-3H3,(H,17,19). The van der Waals surface area contributed by atoms with Crippen LogP contribution in [0.25, 0.3) is 0 Å². The van der Waals surface area contributed by atoms with Gasteiger partial charge in [-0.15, -0.1) is 0 Å². The van der Waals surface area contributed by atoms with Gasteiger partial charge >= 0.3 is 0 Å². The quantitative estimate of drug-likeness (QED) is 0.878. The minimum absolute atomic E-state index is 0.0194. The predicted octanol–water partition coefficient (Wildman–Crippen LogP) is 2.50. The SMILES string of the molecule is Cc1cc(C)c(C(=O)NCC2CCCC2O)c(C)c1. The van der Waals surface area contributed by atoms with Crippen LogP contribution in [0.3, 0.4) is 0 Å². The number of carbonyl (C=O) groups excluding carboxylic acids is 1. The summed E-state index contributed by atoms with van der Waals surface area (Å²) in [6.07, 6.45) is 2.68. The number of carbonyl (C=O) groups is 1. The molecule has 0 aliphatic heterocycles. The molecule has 2 unspecified atom stereocenters. The summed E-state index contributed by atoms with van der Waals surface area (Å²) in [4.78, 5) is 12.3. The average molecular weight is 261 g/mol. The Morgan fingerprint density at radius 2 is 1.89 bits per heavy atom. The van der Waals surface area contributed by atoms with Crippen LogP contribution in [0.1, 0.15) is 46.3 Å². The second-order valence-electron chi connectivity index (χ2n) is 5.74. The van der Waals surface area contributed by atoms with Gasteiger partial charge in [-0.2, -0.15) is 0 Å². The van der Waals surface area contributed by atoms with Crippen molar-refractivity contribution in [1.29, 1.82) is 0 Å². The topological polar surface area (TPSA) is 49.3 Å². The van der Waals surface area contributed by atoms with Crippen molar-refractivity contribution in [2.24, 2.45) is 5.92 Å². The van der Waals surface area contributed by atoms with E-state index in [1.165, 1.54) is 5.56 Å². The molecule has 1 aliphatic rings. The molecular weight excluding hydrogens is 238 g/mol. The Hall–Kier alpha value is -1.35. The molecule has 3 heteroatoms. The predicted molar refractivity (Wildman–Crippen MR) is 76.3 cm³/mol. The Labute approximate surface area is 115 Å². The summed E-state index contributed by atoms with van der Waals surface area (Å²) in [5.41, 5.74) is 3.99. The molecule has 0 radical (unpaired) electrons. The number of rotatable bonds is 3. The second kappa shape index (κ2) is 5.74. The number of hydrogen-bond donors (Lipinski definition) is 2. The third-order valence-corrected chi connectivity index (χ3v) is 4.05. The number of benzene rings is 1. The summed E-state index contributed by atoms with van der Waals surface area (Å²) in [5.74, 6) is 0.198. The maximum absolute atomic E-state index is 12.3. The van der Waals surface area contributed by atoms with Gasteiger partial charge in [-0.3, -0.25) is 4.79 Å². The Morgan fingerprint density at radius 3 is 2.42 bits per heavy atom. The summed E-state index contributed by atoms with van der Waals surface area (Å²) < 4.78 is 0. The summed E-state index contributed by atoms with van der Waals surface area (Å²) in [5, 5.41) is 12.7. The largest absolute Gasteiger partial charge is 0.393 e. The molecule has 0 aromatic heterocycles. The molecule has 1 aliphatic carbocycles. The first kappa shape index (κ1) is 14.1. The van der Waals surface area contributed by atoms with E-state index in [1.54, 1.807) is 0 Å². The van der Waals surface area contributed by atoms with Crippen LogP contribution in [0.5, 0.6) is 0 Å². The second-order valence-corrected chi connectivity index (χ2v) is 5.74. The maximum Gasteiger partial charge on any atom is 0.251 e. The lowest BCUT2D eigenvalue weighted by Gasteiger charge is -2.17. The Morgan fingerprint density at radius 1 is 1.26 bits per heavy atom. The molecule has 1 amide bonds. The van der Waals surface area contributed by atoms with Gasteiger partial charge in [0.25, 0.3) is 5.91 Å². The van der Waals surface area contributed by atoms with Crippen LogP contribution in [-0.2, 0) is 0 Å². The summed E-state index contributed by atoms with van der Waals surface area (Å²) >= 11 is 0. The molecule has 2 N–H and O–H groups in total. The van der Waals surface area contributed by atoms with Crippen LogP contribution in [0.4, 0.5) is 0 Å². The van der Waals surface area contributed by atoms with Gasteiger partial charge in [-0.05, 0) is 44.7 Å². The van der Waals surface area contributed by atoms with Gasteiger partial charge in [0.1, 0.15) is 0 Å². The average Bonchev–Trinajstić information content (AvgIpc) is 2.70. The van der Waals surface area contributed by atoms with E-state index in [2.05, 4.69) is 5.32 Å². The molecule has 1 aromatic rings. The molecule has 2 rings (SSSR count). The first-order valence-electron chi connectivity index (χ1n) is 7.03. The van der Waals surface area contributed by atoms with Crippen molar-refractivity contribution in [2.75, 3.05) is 6.54 Å². The molecule has 0 saturated heterocycles. The van der Waals surface area contributed by atoms with Crippen molar-refractivity contribution in [1.82, 2.24) is 5.32 Å². The minimum atomic E-state index is -0.250. The number of aliphatic hydroxyl groups excluding tert-OH is 1. The van der Waals surface area contributed by atoms with E-state index in [4.69, 9.17) is 0 Å². The molecule has 1 fully saturated rings. The van der Waals surface area contributed by atoms with Crippen LogP contribution in [0.2, 0.25) is 0 Å². The molecule has 0 bridgehead atoms. The highest BCUT2D eigenvalue weighted by atomic mass is 16.3. The van der Waals surface area contributed by atoms with E-state index in [0.29, 0.717) is 6.54 Å². The number of aryl methyl sites for hydroxylation is 3. The summed E-state index contributed by atoms with van der Waals surface area (Å²) in [6, 6.07) is 4.07. The van der Waals surface area contributed by atoms with Crippen molar-refractivity contribution < 1.29 is 9.90 Å². The van der Waals surface area contributed by atoms with Crippen molar-refractivity contribution in [3.8, 4) is 0 Å². The molecule has 0 heterocycles. The van der Waals surface area contributed by atoms with E-state index < -0.39 is 0 Å². The smallest absolute Gasteiger partial charge is 0.251 e. The van der Waals surface area contributed by atoms with Crippen molar-refractivity contribution in [2.45, 2.75) is 46.1 Å². The van der Waals surface area contributed by atoms with Gasteiger partial charge in [-0.1, -0.05) is 24.1 Å². The Balaban J connectivity index is 2.04. The molecule has 0 spiro atoms. The van der Waals surface area contributed by atoms with Crippen LogP contribution >= 0.6 is 0 Å². The fourth-order valence-electron chi connectivity index (χ4n) is 3.11. The molecule has 2 atom stereocenters. The first-order valence-corrected chi connectivity index (χ1v) is 7.03. The lowest BCUT2D eigenvalue weighted by Crippen LogP contribution is -2.33. The Bertz CT molecular complexity index is 459. The van der Waals surface area contributed by atoms with Crippen LogP contribution in [0, 0.1) is 26.7 Å². The monoisotopic (exact) mass is 261 g/mol. The van der Waals surface area contributed by atoms with Gasteiger partial charge in [0, 0.05) is 18.0 Å². The molecule has 19 heavy (non-hydrogen) atoms. The van der Waals surface area contributed by atoms with Crippen LogP contribution < -0.4 is 5.32 Å². The van der Waals surface area contributed by atoms with Crippen molar-refractivity contribution in [3.63, 3.8) is 0 Å². The lowest BCUT2D eigenvalue weighted by molar-refractivity contribution is 0.0915. The maximum atomic E-state index is 12.3. The number of hydrogen-bond acceptors (Lipinski definition) is 2. The zero-order valence-corrected chi connectivity index (χ0v) is 12.0. The molecule has 1 saturated carbocycles. The lowest BCUT2D eigenvalue weighted by atomic mass is 9.99. The fourth-order valence-corrected chi connectivity index (χ4v) is 3.11. The summed E-state index contributed by atoms with van der Waals surface area (Å²) in [6.45, 7) is 6.56. The highest BCUT2D eigenvalue weighted by molar-refractivity contribution is 5.97. The fraction of sp³-hybridized carbons (Fsp3) is 0.562. The van der Waals surface area contributed by atoms with E-state index in [0.717, 1.165) is 36.0 Å². The van der Waals surface area contributed by atoms with Gasteiger partial charge in [-0.25, -0.2) is 0 Å². The van der Waals surface area contributed by atoms with Crippen molar-refractivity contribution >= 4 is 5.91 Å². The third kappa shape index (κ3) is 3.16. The van der Waals surface area contributed by atoms with Crippen molar-refractivity contribution in [3.05, 3.63) is 34.4 Å². The molecule has 1 aromatic carbocycles. The van der Waals surface area contributed by atoms with Gasteiger partial charge < -0.3 is 10.4 Å². The van der Waals surface area contributed by atoms with E-state index in [9.17, 15) is 9.90 Å². The minimum Gasteiger partial charge on any atom is -0.393 e. The zero-order valence-electron chi connectivity index (χ0n) is 12.0. The van der Waals surface area contributed by atoms with Crippen LogP contribution in [-0.4, -0.2) is 23.7 Å². The highest BCUT2D eigenvalue weighted by Crippen LogP contribution is 2.25. The van der Waals surface area contributed by atoms with E-state index in [1.807, 2.05) is 32.9 Å². The first-order chi connectivity index (χ1) is 8.99. The normalized spacial score (nSPS) is 22.5. The zero-order chi connectivity index (χ0) is 14.0. The summed E-state index contributed by atoms with van der Waals surface area (Å²) in [7, 11) is 0. The number of amides is 1. The molecule has 104 valence electrons. The third-order valence-electron chi connectivity index (χ3n) is 4.05. The Kier molecular flexibility index (Phi) is 4.25. The van der Waals surface area contributed by atoms with Crippen LogP contribution in [0.15, 0.2) is 12.1 Å². The van der Waals surface area contributed by atoms with Gasteiger partial charge in [0.2, 0.25) is 0 Å². The van der Waals surface area contributed by atoms with Gasteiger partial charge in [0.05, 0.1) is 6.10 Å². The highest BCUT2D eigenvalue weighted by Gasteiger charge is 2.25. The number of nitrogens with one attached hydrogen (secondary N) is 1. The van der Waals surface area contributed by atoms with E-state index >= 15 is 0 Å². The number of aliphatic hydroxyl groups is 1. The molecular formula is C16H23NO2. The van der Waals surface area contributed by atoms with Gasteiger partial charge in [0.15, 0.2) is 0 Å².